The summed E-state index contributed by atoms with van der Waals surface area (Å²) in [5.74, 6) is 0.681. The van der Waals surface area contributed by atoms with Crippen LogP contribution in [0.25, 0.3) is 28.1 Å². The summed E-state index contributed by atoms with van der Waals surface area (Å²) in [6, 6.07) is 11.0. The van der Waals surface area contributed by atoms with Gasteiger partial charge in [0.25, 0.3) is 11.4 Å². The lowest BCUT2D eigenvalue weighted by Gasteiger charge is -2.22. The normalized spacial score (nSPS) is 15.5. The number of nitrogens with zero attached hydrogens (tertiary/aromatic N) is 6. The number of imidazole rings is 1. The molecule has 0 spiro atoms. The Kier molecular flexibility index (Phi) is 4.96. The number of halogens is 1. The molecule has 1 aliphatic carbocycles. The van der Waals surface area contributed by atoms with Crippen LogP contribution in [0.5, 0.6) is 0 Å². The molecule has 1 fully saturated rings. The highest BCUT2D eigenvalue weighted by Crippen LogP contribution is 2.40. The van der Waals surface area contributed by atoms with Crippen LogP contribution in [0.3, 0.4) is 0 Å². The second kappa shape index (κ2) is 8.03. The van der Waals surface area contributed by atoms with Gasteiger partial charge >= 0.3 is 0 Å². The third-order valence-electron chi connectivity index (χ3n) is 6.59. The minimum absolute atomic E-state index is 0.190. The molecule has 4 heterocycles. The SMILES string of the molecule is COC1(c2noc(-c3ncn4c3c(=O)n(Cc3ccccn3)c3cc(Cl)ccc34)n2)CCCC1. The second-order valence-electron chi connectivity index (χ2n) is 8.49. The molecule has 0 amide bonds. The van der Waals surface area contributed by atoms with Crippen molar-refractivity contribution >= 4 is 28.2 Å². The Morgan fingerprint density at radius 2 is 2.00 bits per heavy atom. The van der Waals surface area contributed by atoms with Crippen molar-refractivity contribution in [3.63, 3.8) is 0 Å². The zero-order valence-electron chi connectivity index (χ0n) is 18.4. The quantitative estimate of drug-likeness (QED) is 0.374. The van der Waals surface area contributed by atoms with E-state index in [1.165, 1.54) is 0 Å². The van der Waals surface area contributed by atoms with Crippen molar-refractivity contribution in [2.75, 3.05) is 7.11 Å². The first-order valence-corrected chi connectivity index (χ1v) is 11.5. The molecule has 4 aromatic heterocycles. The van der Waals surface area contributed by atoms with Gasteiger partial charge in [0.15, 0.2) is 5.69 Å². The fourth-order valence-corrected chi connectivity index (χ4v) is 4.99. The van der Waals surface area contributed by atoms with E-state index in [0.717, 1.165) is 36.9 Å². The van der Waals surface area contributed by atoms with Crippen LogP contribution in [0.2, 0.25) is 5.02 Å². The van der Waals surface area contributed by atoms with E-state index in [1.54, 1.807) is 40.7 Å². The van der Waals surface area contributed by atoms with E-state index in [4.69, 9.17) is 20.9 Å². The lowest BCUT2D eigenvalue weighted by molar-refractivity contribution is -0.0178. The van der Waals surface area contributed by atoms with Crippen LogP contribution in [0, 0.1) is 0 Å². The van der Waals surface area contributed by atoms with Crippen molar-refractivity contribution in [1.82, 2.24) is 29.1 Å². The van der Waals surface area contributed by atoms with Gasteiger partial charge in [-0.25, -0.2) is 4.98 Å². The summed E-state index contributed by atoms with van der Waals surface area (Å²) in [7, 11) is 1.67. The van der Waals surface area contributed by atoms with Gasteiger partial charge in [-0.3, -0.25) is 18.7 Å². The van der Waals surface area contributed by atoms with Gasteiger partial charge < -0.3 is 9.26 Å². The molecule has 1 aromatic carbocycles. The molecule has 6 rings (SSSR count). The van der Waals surface area contributed by atoms with Gasteiger partial charge in [0.2, 0.25) is 5.82 Å². The third kappa shape index (κ3) is 3.23. The number of hydrogen-bond acceptors (Lipinski definition) is 7. The Bertz CT molecular complexity index is 1570. The number of methoxy groups -OCH3 is 1. The predicted molar refractivity (Wildman–Crippen MR) is 126 cm³/mol. The molecular weight excluding hydrogens is 456 g/mol. The molecule has 0 radical (unpaired) electrons. The Labute approximate surface area is 199 Å². The number of ether oxygens (including phenoxy) is 1. The largest absolute Gasteiger partial charge is 0.370 e. The monoisotopic (exact) mass is 476 g/mol. The zero-order chi connectivity index (χ0) is 23.3. The maximum absolute atomic E-state index is 13.8. The minimum atomic E-state index is -0.556. The molecule has 9 nitrogen and oxygen atoms in total. The molecule has 5 aromatic rings. The van der Waals surface area contributed by atoms with Gasteiger partial charge in [-0.05, 0) is 56.0 Å². The molecule has 0 unspecified atom stereocenters. The minimum Gasteiger partial charge on any atom is -0.370 e. The van der Waals surface area contributed by atoms with Crippen LogP contribution < -0.4 is 5.56 Å². The molecule has 0 saturated heterocycles. The van der Waals surface area contributed by atoms with E-state index >= 15 is 0 Å². The van der Waals surface area contributed by atoms with Gasteiger partial charge in [0.1, 0.15) is 17.4 Å². The van der Waals surface area contributed by atoms with Crippen molar-refractivity contribution in [1.29, 1.82) is 0 Å². The first kappa shape index (κ1) is 21.0. The van der Waals surface area contributed by atoms with Crippen LogP contribution in [0.4, 0.5) is 0 Å². The lowest BCUT2D eigenvalue weighted by Crippen LogP contribution is -2.26. The predicted octanol–water partition coefficient (Wildman–Crippen LogP) is 4.21. The second-order valence-corrected chi connectivity index (χ2v) is 8.92. The van der Waals surface area contributed by atoms with Crippen LogP contribution >= 0.6 is 11.6 Å². The maximum Gasteiger partial charge on any atom is 0.279 e. The average molecular weight is 477 g/mol. The number of hydrogen-bond donors (Lipinski definition) is 0. The molecule has 0 bridgehead atoms. The van der Waals surface area contributed by atoms with Crippen molar-refractivity contribution < 1.29 is 9.26 Å². The Balaban J connectivity index is 1.56. The third-order valence-corrected chi connectivity index (χ3v) is 6.82. The Hall–Kier alpha value is -3.56. The van der Waals surface area contributed by atoms with Gasteiger partial charge in [-0.1, -0.05) is 22.8 Å². The van der Waals surface area contributed by atoms with E-state index in [9.17, 15) is 4.79 Å². The summed E-state index contributed by atoms with van der Waals surface area (Å²) in [6.07, 6.45) is 7.03. The summed E-state index contributed by atoms with van der Waals surface area (Å²) in [6.45, 7) is 0.277. The zero-order valence-corrected chi connectivity index (χ0v) is 19.2. The van der Waals surface area contributed by atoms with Gasteiger partial charge in [-0.15, -0.1) is 0 Å². The molecule has 1 aliphatic rings. The first-order chi connectivity index (χ1) is 16.6. The van der Waals surface area contributed by atoms with Crippen LogP contribution in [0.15, 0.2) is 58.2 Å². The Morgan fingerprint density at radius 1 is 1.15 bits per heavy atom. The van der Waals surface area contributed by atoms with E-state index in [1.807, 2.05) is 24.3 Å². The number of pyridine rings is 1. The first-order valence-electron chi connectivity index (χ1n) is 11.1. The fourth-order valence-electron chi connectivity index (χ4n) is 4.83. The summed E-state index contributed by atoms with van der Waals surface area (Å²) in [4.78, 5) is 27.3. The topological polar surface area (TPSA) is 100 Å². The highest BCUT2D eigenvalue weighted by Gasteiger charge is 2.40. The molecule has 0 aliphatic heterocycles. The molecule has 172 valence electrons. The maximum atomic E-state index is 13.8. The van der Waals surface area contributed by atoms with Crippen LogP contribution in [-0.4, -0.2) is 36.2 Å². The van der Waals surface area contributed by atoms with Gasteiger partial charge in [0, 0.05) is 18.3 Å². The molecule has 0 N–H and O–H groups in total. The van der Waals surface area contributed by atoms with E-state index in [-0.39, 0.29) is 18.0 Å². The van der Waals surface area contributed by atoms with Crippen molar-refractivity contribution in [2.24, 2.45) is 0 Å². The highest BCUT2D eigenvalue weighted by molar-refractivity contribution is 6.31. The molecule has 1 saturated carbocycles. The summed E-state index contributed by atoms with van der Waals surface area (Å²) < 4.78 is 14.8. The summed E-state index contributed by atoms with van der Waals surface area (Å²) in [5, 5.41) is 4.73. The molecular formula is C24H21ClN6O3. The Morgan fingerprint density at radius 3 is 2.76 bits per heavy atom. The van der Waals surface area contributed by atoms with Crippen molar-refractivity contribution in [2.45, 2.75) is 37.8 Å². The summed E-state index contributed by atoms with van der Waals surface area (Å²) in [5.41, 5.74) is 2.07. The van der Waals surface area contributed by atoms with Gasteiger partial charge in [0.05, 0.1) is 23.3 Å². The number of benzene rings is 1. The van der Waals surface area contributed by atoms with E-state index in [0.29, 0.717) is 27.6 Å². The van der Waals surface area contributed by atoms with Crippen molar-refractivity contribution in [3.05, 3.63) is 75.8 Å². The van der Waals surface area contributed by atoms with E-state index in [2.05, 4.69) is 20.1 Å². The van der Waals surface area contributed by atoms with Gasteiger partial charge in [-0.2, -0.15) is 4.98 Å². The lowest BCUT2D eigenvalue weighted by atomic mass is 10.0. The highest BCUT2D eigenvalue weighted by atomic mass is 35.5. The van der Waals surface area contributed by atoms with Crippen molar-refractivity contribution in [3.8, 4) is 11.6 Å². The molecule has 34 heavy (non-hydrogen) atoms. The van der Waals surface area contributed by atoms with Crippen LogP contribution in [-0.2, 0) is 16.9 Å². The number of rotatable bonds is 5. The smallest absolute Gasteiger partial charge is 0.279 e. The average Bonchev–Trinajstić information content (AvgIpc) is 3.62. The van der Waals surface area contributed by atoms with Crippen LogP contribution in [0.1, 0.15) is 37.2 Å². The molecule has 10 heteroatoms. The number of aromatic nitrogens is 6. The van der Waals surface area contributed by atoms with E-state index < -0.39 is 5.60 Å². The molecule has 0 atom stereocenters. The standard InChI is InChI=1S/C24H21ClN6O3/c1-33-24(9-3-4-10-24)23-28-21(34-29-23)19-20-22(32)30(13-16-6-2-5-11-26-16)18-12-15(25)7-8-17(18)31(20)14-27-19/h2,5-8,11-12,14H,3-4,9-10,13H2,1H3. The number of fused-ring (bicyclic) bond motifs is 3. The fraction of sp³-hybridized carbons (Fsp3) is 0.292. The summed E-state index contributed by atoms with van der Waals surface area (Å²) >= 11 is 6.29.